The fraction of sp³-hybridized carbons (Fsp3) is 0.800. The third-order valence-electron chi connectivity index (χ3n) is 7.73. The van der Waals surface area contributed by atoms with Gasteiger partial charge in [0.1, 0.15) is 5.78 Å². The number of carbonyl (C=O) groups excluding carboxylic acids is 1. The predicted molar refractivity (Wildman–Crippen MR) is 124 cm³/mol. The van der Waals surface area contributed by atoms with E-state index in [-0.39, 0.29) is 41.0 Å². The van der Waals surface area contributed by atoms with Crippen molar-refractivity contribution in [2.45, 2.75) is 110 Å². The fourth-order valence-electron chi connectivity index (χ4n) is 5.14. The van der Waals surface area contributed by atoms with Crippen LogP contribution in [0.15, 0.2) is 23.0 Å². The van der Waals surface area contributed by atoms with Crippen LogP contribution in [-0.4, -0.2) is 39.0 Å². The second-order valence-corrected chi connectivity index (χ2v) is 15.7. The molecule has 0 N–H and O–H groups in total. The normalized spacial score (nSPS) is 34.4. The predicted octanol–water partition coefficient (Wildman–Crippen LogP) is 6.18. The first-order valence-electron chi connectivity index (χ1n) is 11.8. The number of allylic oxidation sites excluding steroid dienone is 2. The van der Waals surface area contributed by atoms with E-state index in [2.05, 4.69) is 46.9 Å². The molecule has 0 amide bonds. The van der Waals surface area contributed by atoms with Crippen molar-refractivity contribution in [1.82, 2.24) is 0 Å². The first-order valence-corrected chi connectivity index (χ1v) is 14.7. The maximum absolute atomic E-state index is 12.7. The zero-order valence-electron chi connectivity index (χ0n) is 20.3. The van der Waals surface area contributed by atoms with Crippen LogP contribution in [0.3, 0.4) is 0 Å². The van der Waals surface area contributed by atoms with Crippen molar-refractivity contribution in [3.05, 3.63) is 23.0 Å². The largest absolute Gasteiger partial charge is 0.498 e. The SMILES string of the molecule is CCOC1=C2[C@H]([C@H]3O[C@@H]2C/C(C)=C\CC[C@@H]3O[Si](C)(C)C(C)(C)C)[C@@H](C(C)=O)CC1. The number of Topliss-reactive ketones (excluding diaryl/α,β-unsaturated/α-hetero) is 1. The van der Waals surface area contributed by atoms with Gasteiger partial charge in [0.15, 0.2) is 8.32 Å². The molecule has 0 aromatic rings. The molecular weight excluding hydrogens is 392 g/mol. The average Bonchev–Trinajstić information content (AvgIpc) is 3.01. The average molecular weight is 435 g/mol. The number of ketones is 1. The van der Waals surface area contributed by atoms with Crippen molar-refractivity contribution in [3.63, 3.8) is 0 Å². The van der Waals surface area contributed by atoms with E-state index < -0.39 is 8.32 Å². The molecule has 0 aromatic heterocycles. The maximum atomic E-state index is 12.7. The molecule has 2 aliphatic heterocycles. The Labute approximate surface area is 184 Å². The fourth-order valence-corrected chi connectivity index (χ4v) is 6.50. The van der Waals surface area contributed by atoms with Crippen LogP contribution in [-0.2, 0) is 18.7 Å². The third-order valence-corrected chi connectivity index (χ3v) is 12.2. The summed E-state index contributed by atoms with van der Waals surface area (Å²) < 4.78 is 19.9. The Morgan fingerprint density at radius 3 is 2.57 bits per heavy atom. The Hall–Kier alpha value is -0.913. The Kier molecular flexibility index (Phi) is 7.05. The molecule has 0 spiro atoms. The molecule has 170 valence electrons. The van der Waals surface area contributed by atoms with Crippen LogP contribution < -0.4 is 0 Å². The number of hydrogen-bond donors (Lipinski definition) is 0. The molecule has 5 atom stereocenters. The van der Waals surface area contributed by atoms with Gasteiger partial charge in [-0.2, -0.15) is 0 Å². The highest BCUT2D eigenvalue weighted by molar-refractivity contribution is 6.74. The molecular formula is C25H42O4Si. The van der Waals surface area contributed by atoms with E-state index in [9.17, 15) is 4.79 Å². The lowest BCUT2D eigenvalue weighted by Crippen LogP contribution is -2.49. The van der Waals surface area contributed by atoms with Crippen LogP contribution in [0.4, 0.5) is 0 Å². The first-order chi connectivity index (χ1) is 14.0. The first kappa shape index (κ1) is 23.7. The zero-order valence-corrected chi connectivity index (χ0v) is 21.3. The molecule has 0 unspecified atom stereocenters. The van der Waals surface area contributed by atoms with Gasteiger partial charge in [0, 0.05) is 23.8 Å². The summed E-state index contributed by atoms with van der Waals surface area (Å²) in [4.78, 5) is 12.7. The number of ether oxygens (including phenoxy) is 2. The van der Waals surface area contributed by atoms with Crippen molar-refractivity contribution in [2.24, 2.45) is 11.8 Å². The summed E-state index contributed by atoms with van der Waals surface area (Å²) in [6, 6.07) is 0. The lowest BCUT2D eigenvalue weighted by atomic mass is 9.71. The van der Waals surface area contributed by atoms with E-state index in [4.69, 9.17) is 13.9 Å². The van der Waals surface area contributed by atoms with Crippen LogP contribution in [0, 0.1) is 11.8 Å². The summed E-state index contributed by atoms with van der Waals surface area (Å²) in [7, 11) is -1.97. The van der Waals surface area contributed by atoms with E-state index in [1.165, 1.54) is 11.1 Å². The van der Waals surface area contributed by atoms with Crippen molar-refractivity contribution in [2.75, 3.05) is 6.61 Å². The van der Waals surface area contributed by atoms with Gasteiger partial charge in [-0.3, -0.25) is 4.79 Å². The second-order valence-electron chi connectivity index (χ2n) is 10.9. The van der Waals surface area contributed by atoms with Gasteiger partial charge in [-0.15, -0.1) is 0 Å². The van der Waals surface area contributed by atoms with Crippen LogP contribution in [0.5, 0.6) is 0 Å². The summed E-state index contributed by atoms with van der Waals surface area (Å²) in [6.07, 6.45) is 6.84. The molecule has 30 heavy (non-hydrogen) atoms. The van der Waals surface area contributed by atoms with Crippen molar-refractivity contribution in [1.29, 1.82) is 0 Å². The third kappa shape index (κ3) is 4.63. The summed E-state index contributed by atoms with van der Waals surface area (Å²) in [5.41, 5.74) is 2.62. The van der Waals surface area contributed by atoms with Crippen LogP contribution >= 0.6 is 0 Å². The second kappa shape index (κ2) is 8.91. The van der Waals surface area contributed by atoms with Gasteiger partial charge >= 0.3 is 0 Å². The van der Waals surface area contributed by atoms with E-state index in [0.29, 0.717) is 6.61 Å². The highest BCUT2D eigenvalue weighted by Crippen LogP contribution is 2.50. The summed E-state index contributed by atoms with van der Waals surface area (Å²) >= 11 is 0. The van der Waals surface area contributed by atoms with Crippen LogP contribution in [0.1, 0.15) is 73.6 Å². The van der Waals surface area contributed by atoms with E-state index in [1.807, 2.05) is 6.92 Å². The molecule has 4 nitrogen and oxygen atoms in total. The monoisotopic (exact) mass is 434 g/mol. The molecule has 0 saturated carbocycles. The zero-order chi connectivity index (χ0) is 22.3. The molecule has 1 saturated heterocycles. The molecule has 1 fully saturated rings. The standard InChI is InChI=1S/C25H42O4Si/c1-9-27-19-14-13-18(17(3)26)22-23(19)21-15-16(2)11-10-12-20(24(22)28-21)29-30(7,8)25(4,5)6/h11,18,20-22,24H,9-10,12-15H2,1-8H3/b16-11-/t18-,20+,21-,22-,24+/m1/s1. The smallest absolute Gasteiger partial charge is 0.192 e. The Bertz CT molecular complexity index is 715. The Morgan fingerprint density at radius 1 is 1.27 bits per heavy atom. The topological polar surface area (TPSA) is 44.8 Å². The number of carbonyl (C=O) groups is 1. The van der Waals surface area contributed by atoms with Gasteiger partial charge in [0.05, 0.1) is 30.7 Å². The van der Waals surface area contributed by atoms with Crippen LogP contribution in [0.2, 0.25) is 18.1 Å². The number of rotatable bonds is 5. The summed E-state index contributed by atoms with van der Waals surface area (Å²) in [5, 5.41) is 0.136. The quantitative estimate of drug-likeness (QED) is 0.383. The lowest BCUT2D eigenvalue weighted by Gasteiger charge is -2.42. The molecule has 5 heteroatoms. The minimum atomic E-state index is -1.97. The van der Waals surface area contributed by atoms with Gasteiger partial charge < -0.3 is 13.9 Å². The molecule has 2 bridgehead atoms. The van der Waals surface area contributed by atoms with E-state index >= 15 is 0 Å². The Morgan fingerprint density at radius 2 is 1.97 bits per heavy atom. The maximum Gasteiger partial charge on any atom is 0.192 e. The summed E-state index contributed by atoms with van der Waals surface area (Å²) in [6.45, 7) is 18.1. The number of hydrogen-bond acceptors (Lipinski definition) is 4. The van der Waals surface area contributed by atoms with Crippen molar-refractivity contribution >= 4 is 14.1 Å². The molecule has 3 aliphatic rings. The lowest BCUT2D eigenvalue weighted by molar-refractivity contribution is -0.124. The van der Waals surface area contributed by atoms with Gasteiger partial charge in [0.2, 0.25) is 0 Å². The van der Waals surface area contributed by atoms with Gasteiger partial charge in [-0.1, -0.05) is 32.4 Å². The van der Waals surface area contributed by atoms with Gasteiger partial charge in [-0.05, 0) is 64.6 Å². The summed E-state index contributed by atoms with van der Waals surface area (Å²) in [5.74, 6) is 1.45. The van der Waals surface area contributed by atoms with Crippen molar-refractivity contribution < 1.29 is 18.7 Å². The highest BCUT2D eigenvalue weighted by Gasteiger charge is 2.53. The van der Waals surface area contributed by atoms with Gasteiger partial charge in [0.25, 0.3) is 0 Å². The molecule has 2 heterocycles. The van der Waals surface area contributed by atoms with E-state index in [1.54, 1.807) is 6.92 Å². The minimum absolute atomic E-state index is 0.00330. The molecule has 1 aliphatic carbocycles. The molecule has 0 radical (unpaired) electrons. The minimum Gasteiger partial charge on any atom is -0.498 e. The number of fused-ring (bicyclic) bond motifs is 5. The van der Waals surface area contributed by atoms with Gasteiger partial charge in [-0.25, -0.2) is 0 Å². The van der Waals surface area contributed by atoms with Crippen LogP contribution in [0.25, 0.3) is 0 Å². The highest BCUT2D eigenvalue weighted by atomic mass is 28.4. The van der Waals surface area contributed by atoms with E-state index in [0.717, 1.165) is 37.9 Å². The Balaban J connectivity index is 2.06. The molecule has 0 aromatic carbocycles. The molecule has 3 rings (SSSR count). The van der Waals surface area contributed by atoms with Crippen molar-refractivity contribution in [3.8, 4) is 0 Å².